The number of rotatable bonds is 4. The summed E-state index contributed by atoms with van der Waals surface area (Å²) in [4.78, 5) is 10.7. The monoisotopic (exact) mass is 250 g/mol. The molecule has 0 aromatic carbocycles. The Labute approximate surface area is 91.0 Å². The Morgan fingerprint density at radius 1 is 1.23 bits per heavy atom. The van der Waals surface area contributed by atoms with Crippen molar-refractivity contribution in [3.8, 4) is 0 Å². The van der Waals surface area contributed by atoms with Gasteiger partial charge in [-0.1, -0.05) is 34.8 Å². The molecule has 0 heterocycles. The Morgan fingerprint density at radius 2 is 1.85 bits per heavy atom. The molecule has 0 radical (unpaired) electrons. The second-order valence-corrected chi connectivity index (χ2v) is 4.51. The molecule has 0 N–H and O–H groups in total. The molecule has 0 aliphatic carbocycles. The number of hydrogen-bond donors (Lipinski definition) is 0. The topological polar surface area (TPSA) is 44.8 Å². The van der Waals surface area contributed by atoms with Crippen molar-refractivity contribution in [3.05, 3.63) is 0 Å². The van der Waals surface area contributed by atoms with Crippen molar-refractivity contribution in [2.24, 2.45) is 0 Å². The van der Waals surface area contributed by atoms with Gasteiger partial charge in [0.15, 0.2) is 0 Å². The SMILES string of the molecule is COCCOC(=O)OCC(Cl)(Cl)Cl. The molecule has 0 aromatic rings. The van der Waals surface area contributed by atoms with Crippen LogP contribution in [0.25, 0.3) is 0 Å². The molecule has 0 aromatic heterocycles. The Kier molecular flexibility index (Phi) is 6.59. The molecule has 0 atom stereocenters. The summed E-state index contributed by atoms with van der Waals surface area (Å²) < 4.78 is 12.0. The molecular weight excluding hydrogens is 242 g/mol. The largest absolute Gasteiger partial charge is 0.508 e. The fourth-order valence-electron chi connectivity index (χ4n) is 0.391. The van der Waals surface area contributed by atoms with Crippen LogP contribution in [0.5, 0.6) is 0 Å². The predicted molar refractivity (Wildman–Crippen MR) is 49.5 cm³/mol. The first kappa shape index (κ1) is 13.1. The van der Waals surface area contributed by atoms with Crippen molar-refractivity contribution in [2.75, 3.05) is 26.9 Å². The smallest absolute Gasteiger partial charge is 0.432 e. The highest BCUT2D eigenvalue weighted by Gasteiger charge is 2.22. The van der Waals surface area contributed by atoms with Crippen molar-refractivity contribution >= 4 is 41.0 Å². The van der Waals surface area contributed by atoms with Gasteiger partial charge in [-0.25, -0.2) is 4.79 Å². The summed E-state index contributed by atoms with van der Waals surface area (Å²) in [5, 5.41) is 0. The summed E-state index contributed by atoms with van der Waals surface area (Å²) in [6.45, 7) is 0.0571. The summed E-state index contributed by atoms with van der Waals surface area (Å²) in [5.74, 6) is 0. The fourth-order valence-corrected chi connectivity index (χ4v) is 0.554. The molecule has 0 aliphatic heterocycles. The molecule has 0 unspecified atom stereocenters. The van der Waals surface area contributed by atoms with Crippen molar-refractivity contribution < 1.29 is 19.0 Å². The third-order valence-corrected chi connectivity index (χ3v) is 1.19. The highest BCUT2D eigenvalue weighted by molar-refractivity contribution is 6.67. The molecule has 0 aliphatic rings. The molecule has 0 saturated heterocycles. The average molecular weight is 251 g/mol. The molecule has 4 nitrogen and oxygen atoms in total. The van der Waals surface area contributed by atoms with Gasteiger partial charge in [-0.2, -0.15) is 0 Å². The lowest BCUT2D eigenvalue weighted by molar-refractivity contribution is 0.0376. The molecule has 0 spiro atoms. The molecule has 0 saturated carbocycles. The molecule has 0 bridgehead atoms. The lowest BCUT2D eigenvalue weighted by Gasteiger charge is -2.10. The number of carbonyl (C=O) groups is 1. The van der Waals surface area contributed by atoms with Crippen molar-refractivity contribution in [3.63, 3.8) is 0 Å². The van der Waals surface area contributed by atoms with Crippen molar-refractivity contribution in [1.29, 1.82) is 0 Å². The minimum absolute atomic E-state index is 0.106. The van der Waals surface area contributed by atoms with Crippen LogP contribution < -0.4 is 0 Å². The standard InChI is InChI=1S/C6H9Cl3O4/c1-11-2-3-12-5(10)13-4-6(7,8)9/h2-4H2,1H3. The Balaban J connectivity index is 3.41. The van der Waals surface area contributed by atoms with Crippen LogP contribution in [0.2, 0.25) is 0 Å². The number of methoxy groups -OCH3 is 1. The second-order valence-electron chi connectivity index (χ2n) is 2.00. The van der Waals surface area contributed by atoms with Gasteiger partial charge in [0.1, 0.15) is 13.2 Å². The van der Waals surface area contributed by atoms with Gasteiger partial charge in [0.25, 0.3) is 0 Å². The zero-order valence-corrected chi connectivity index (χ0v) is 9.16. The first-order chi connectivity index (χ1) is 5.95. The van der Waals surface area contributed by atoms with Crippen LogP contribution in [0.1, 0.15) is 0 Å². The first-order valence-corrected chi connectivity index (χ1v) is 4.44. The second kappa shape index (κ2) is 6.54. The van der Waals surface area contributed by atoms with E-state index in [0.29, 0.717) is 6.61 Å². The summed E-state index contributed by atoms with van der Waals surface area (Å²) in [7, 11) is 1.48. The van der Waals surface area contributed by atoms with E-state index in [4.69, 9.17) is 34.8 Å². The lowest BCUT2D eigenvalue weighted by Crippen LogP contribution is -2.19. The van der Waals surface area contributed by atoms with E-state index in [1.165, 1.54) is 7.11 Å². The Hall–Kier alpha value is 0.1000. The van der Waals surface area contributed by atoms with Gasteiger partial charge in [0.2, 0.25) is 3.79 Å². The predicted octanol–water partition coefficient (Wildman–Crippen LogP) is 2.16. The van der Waals surface area contributed by atoms with E-state index in [-0.39, 0.29) is 13.2 Å². The number of hydrogen-bond acceptors (Lipinski definition) is 4. The fraction of sp³-hybridized carbons (Fsp3) is 0.833. The third-order valence-electron chi connectivity index (χ3n) is 0.861. The first-order valence-electron chi connectivity index (χ1n) is 3.31. The molecule has 0 amide bonds. The van der Waals surface area contributed by atoms with Crippen LogP contribution in [0.15, 0.2) is 0 Å². The van der Waals surface area contributed by atoms with E-state index in [9.17, 15) is 4.79 Å². The van der Waals surface area contributed by atoms with Gasteiger partial charge >= 0.3 is 6.16 Å². The maximum Gasteiger partial charge on any atom is 0.508 e. The summed E-state index contributed by atoms with van der Waals surface area (Å²) in [5.41, 5.74) is 0. The van der Waals surface area contributed by atoms with E-state index >= 15 is 0 Å². The maximum atomic E-state index is 10.7. The molecule has 7 heteroatoms. The number of halogens is 3. The van der Waals surface area contributed by atoms with E-state index < -0.39 is 9.95 Å². The van der Waals surface area contributed by atoms with Gasteiger partial charge in [-0.05, 0) is 0 Å². The molecule has 13 heavy (non-hydrogen) atoms. The lowest BCUT2D eigenvalue weighted by atomic mass is 10.8. The Bertz CT molecular complexity index is 156. The molecule has 0 fully saturated rings. The van der Waals surface area contributed by atoms with Crippen LogP contribution in [0, 0.1) is 0 Å². The van der Waals surface area contributed by atoms with E-state index in [0.717, 1.165) is 0 Å². The van der Waals surface area contributed by atoms with Gasteiger partial charge in [-0.15, -0.1) is 0 Å². The van der Waals surface area contributed by atoms with Crippen LogP contribution in [-0.2, 0) is 14.2 Å². The summed E-state index contributed by atoms with van der Waals surface area (Å²) in [6.07, 6.45) is -0.886. The number of ether oxygens (including phenoxy) is 3. The summed E-state index contributed by atoms with van der Waals surface area (Å²) in [6, 6.07) is 0. The number of carbonyl (C=O) groups excluding carboxylic acids is 1. The van der Waals surface area contributed by atoms with Crippen molar-refractivity contribution in [2.45, 2.75) is 3.79 Å². The molecular formula is C6H9Cl3O4. The van der Waals surface area contributed by atoms with E-state index in [1.54, 1.807) is 0 Å². The quantitative estimate of drug-likeness (QED) is 0.436. The van der Waals surface area contributed by atoms with Gasteiger partial charge in [0, 0.05) is 7.11 Å². The zero-order chi connectivity index (χ0) is 10.3. The molecule has 0 rings (SSSR count). The van der Waals surface area contributed by atoms with Crippen molar-refractivity contribution in [1.82, 2.24) is 0 Å². The van der Waals surface area contributed by atoms with Gasteiger partial charge in [0.05, 0.1) is 6.61 Å². The minimum Gasteiger partial charge on any atom is -0.432 e. The zero-order valence-electron chi connectivity index (χ0n) is 6.89. The third kappa shape index (κ3) is 10.0. The highest BCUT2D eigenvalue weighted by Crippen LogP contribution is 2.25. The van der Waals surface area contributed by atoms with Crippen LogP contribution in [0.3, 0.4) is 0 Å². The van der Waals surface area contributed by atoms with Gasteiger partial charge in [-0.3, -0.25) is 0 Å². The van der Waals surface area contributed by atoms with E-state index in [1.807, 2.05) is 0 Å². The highest BCUT2D eigenvalue weighted by atomic mass is 35.6. The van der Waals surface area contributed by atoms with E-state index in [2.05, 4.69) is 14.2 Å². The average Bonchev–Trinajstić information content (AvgIpc) is 2.00. The van der Waals surface area contributed by atoms with Crippen LogP contribution >= 0.6 is 34.8 Å². The Morgan fingerprint density at radius 3 is 2.31 bits per heavy atom. The molecule has 78 valence electrons. The normalized spacial score (nSPS) is 11.1. The summed E-state index contributed by atoms with van der Waals surface area (Å²) >= 11 is 15.9. The minimum atomic E-state index is -1.61. The van der Waals surface area contributed by atoms with Crippen LogP contribution in [0.4, 0.5) is 4.79 Å². The maximum absolute atomic E-state index is 10.7. The van der Waals surface area contributed by atoms with Gasteiger partial charge < -0.3 is 14.2 Å². The van der Waals surface area contributed by atoms with Crippen LogP contribution in [-0.4, -0.2) is 36.9 Å². The number of alkyl halides is 3.